The van der Waals surface area contributed by atoms with Crippen LogP contribution in [0.5, 0.6) is 0 Å². The predicted octanol–water partition coefficient (Wildman–Crippen LogP) is -0.0805. The van der Waals surface area contributed by atoms with E-state index in [0.29, 0.717) is 19.4 Å². The lowest BCUT2D eigenvalue weighted by atomic mass is 10.2. The van der Waals surface area contributed by atoms with Crippen molar-refractivity contribution in [3.63, 3.8) is 0 Å². The molecular weight excluding hydrogens is 404 g/mol. The Hall–Kier alpha value is -0.600. The van der Waals surface area contributed by atoms with Crippen LogP contribution in [-0.2, 0) is 24.4 Å². The molecule has 1 N–H and O–H groups in total. The van der Waals surface area contributed by atoms with E-state index in [9.17, 15) is 43.2 Å². The van der Waals surface area contributed by atoms with Crippen LogP contribution in [-0.4, -0.2) is 71.7 Å². The molecule has 14 heteroatoms. The molecule has 0 spiro atoms. The number of ether oxygens (including phenoxy) is 1. The van der Waals surface area contributed by atoms with Gasteiger partial charge >= 0.3 is 11.0 Å². The van der Waals surface area contributed by atoms with Crippen molar-refractivity contribution in [1.82, 2.24) is 0 Å². The summed E-state index contributed by atoms with van der Waals surface area (Å²) in [5, 5.41) is 0. The van der Waals surface area contributed by atoms with Gasteiger partial charge in [-0.15, -0.1) is 0 Å². The van der Waals surface area contributed by atoms with Crippen LogP contribution in [0.25, 0.3) is 0 Å². The van der Waals surface area contributed by atoms with Crippen molar-refractivity contribution in [2.75, 3.05) is 37.7 Å². The molecule has 1 aliphatic heterocycles. The van der Waals surface area contributed by atoms with E-state index in [0.717, 1.165) is 0 Å². The van der Waals surface area contributed by atoms with Crippen LogP contribution >= 0.6 is 0 Å². The average molecular weight is 422 g/mol. The normalized spacial score (nSPS) is 20.4. The summed E-state index contributed by atoms with van der Waals surface area (Å²) in [6.45, 7) is -1.04. The first-order chi connectivity index (χ1) is 11.2. The molecule has 0 aromatic heterocycles. The maximum Gasteiger partial charge on any atom is 0.497 e. The first kappa shape index (κ1) is 22.4. The minimum atomic E-state index is -5.47. The van der Waals surface area contributed by atoms with Crippen molar-refractivity contribution in [2.45, 2.75) is 30.0 Å². The Kier molecular flexibility index (Phi) is 7.15. The SMILES string of the molecule is O=S(=O)(CC[NH+](CCS(=O)(=O)C(F)(F)F)C[C@H]1CCCO1)C(F)(F)F. The van der Waals surface area contributed by atoms with Crippen LogP contribution < -0.4 is 4.90 Å². The minimum Gasteiger partial charge on any atom is -0.372 e. The van der Waals surface area contributed by atoms with Gasteiger partial charge in [-0.25, -0.2) is 16.8 Å². The number of hydrogen-bond acceptors (Lipinski definition) is 5. The van der Waals surface area contributed by atoms with Gasteiger partial charge in [-0.1, -0.05) is 0 Å². The molecule has 1 fully saturated rings. The van der Waals surface area contributed by atoms with Gasteiger partial charge in [-0.05, 0) is 12.8 Å². The Bertz CT molecular complexity index is 589. The highest BCUT2D eigenvalue weighted by atomic mass is 32.2. The van der Waals surface area contributed by atoms with E-state index in [2.05, 4.69) is 0 Å². The topological polar surface area (TPSA) is 82.0 Å². The van der Waals surface area contributed by atoms with E-state index in [1.165, 1.54) is 0 Å². The summed E-state index contributed by atoms with van der Waals surface area (Å²) >= 11 is 0. The molecule has 0 amide bonds. The molecule has 0 unspecified atom stereocenters. The molecule has 25 heavy (non-hydrogen) atoms. The zero-order valence-electron chi connectivity index (χ0n) is 12.9. The lowest BCUT2D eigenvalue weighted by Gasteiger charge is -2.22. The van der Waals surface area contributed by atoms with Crippen LogP contribution in [0, 0.1) is 0 Å². The van der Waals surface area contributed by atoms with E-state index >= 15 is 0 Å². The number of alkyl halides is 6. The maximum absolute atomic E-state index is 12.4. The monoisotopic (exact) mass is 422 g/mol. The molecule has 1 heterocycles. The Morgan fingerprint density at radius 1 is 0.880 bits per heavy atom. The van der Waals surface area contributed by atoms with E-state index in [1.54, 1.807) is 0 Å². The lowest BCUT2D eigenvalue weighted by Crippen LogP contribution is -3.14. The fourth-order valence-electron chi connectivity index (χ4n) is 2.25. The van der Waals surface area contributed by atoms with Crippen molar-refractivity contribution in [3.05, 3.63) is 0 Å². The lowest BCUT2D eigenvalue weighted by molar-refractivity contribution is -0.898. The summed E-state index contributed by atoms with van der Waals surface area (Å²) in [7, 11) is -10.9. The maximum atomic E-state index is 12.4. The number of hydrogen-bond donors (Lipinski definition) is 1. The largest absolute Gasteiger partial charge is 0.497 e. The Balaban J connectivity index is 2.76. The summed E-state index contributed by atoms with van der Waals surface area (Å²) < 4.78 is 124. The molecule has 1 atom stereocenters. The molecule has 0 aliphatic carbocycles. The van der Waals surface area contributed by atoms with E-state index in [4.69, 9.17) is 4.74 Å². The molecule has 0 aromatic carbocycles. The first-order valence-corrected chi connectivity index (χ1v) is 10.5. The second-order valence-electron chi connectivity index (χ2n) is 5.62. The Morgan fingerprint density at radius 3 is 1.64 bits per heavy atom. The van der Waals surface area contributed by atoms with E-state index in [-0.39, 0.29) is 11.4 Å². The van der Waals surface area contributed by atoms with Gasteiger partial charge in [0.2, 0.25) is 0 Å². The number of sulfone groups is 2. The van der Waals surface area contributed by atoms with Gasteiger partial charge in [0.1, 0.15) is 24.2 Å². The van der Waals surface area contributed by atoms with Crippen molar-refractivity contribution in [3.8, 4) is 0 Å². The second kappa shape index (κ2) is 7.96. The number of nitrogens with one attached hydrogen (secondary N) is 1. The highest BCUT2D eigenvalue weighted by molar-refractivity contribution is 7.92. The van der Waals surface area contributed by atoms with Crippen LogP contribution in [0.15, 0.2) is 0 Å². The standard InChI is InChI=1S/C11H17F6NO5S2/c12-10(13,14)24(19,20)6-3-18(8-9-2-1-5-23-9)4-7-25(21,22)11(15,16)17/h9H,1-8H2/p+1/t9-/m1/s1. The molecule has 150 valence electrons. The Labute approximate surface area is 141 Å². The van der Waals surface area contributed by atoms with Gasteiger partial charge in [-0.3, -0.25) is 0 Å². The molecular formula is C11H18F6NO5S2+. The van der Waals surface area contributed by atoms with Crippen molar-refractivity contribution in [1.29, 1.82) is 0 Å². The van der Waals surface area contributed by atoms with Crippen LogP contribution in [0.2, 0.25) is 0 Å². The van der Waals surface area contributed by atoms with Gasteiger partial charge in [0, 0.05) is 6.61 Å². The molecule has 0 radical (unpaired) electrons. The number of quaternary nitrogens is 1. The fourth-order valence-corrected chi connectivity index (χ4v) is 3.82. The fraction of sp³-hybridized carbons (Fsp3) is 1.00. The molecule has 1 rings (SSSR count). The predicted molar refractivity (Wildman–Crippen MR) is 74.2 cm³/mol. The first-order valence-electron chi connectivity index (χ1n) is 7.19. The summed E-state index contributed by atoms with van der Waals surface area (Å²) in [5.41, 5.74) is -10.9. The number of halogens is 6. The van der Waals surface area contributed by atoms with Gasteiger partial charge < -0.3 is 9.64 Å². The quantitative estimate of drug-likeness (QED) is 0.554. The van der Waals surface area contributed by atoms with Crippen LogP contribution in [0.4, 0.5) is 26.3 Å². The number of rotatable bonds is 8. The minimum absolute atomic E-state index is 0.00690. The highest BCUT2D eigenvalue weighted by Gasteiger charge is 2.47. The van der Waals surface area contributed by atoms with Gasteiger partial charge in [0.05, 0.1) is 13.1 Å². The third-order valence-electron chi connectivity index (χ3n) is 3.69. The van der Waals surface area contributed by atoms with Gasteiger partial charge in [0.15, 0.2) is 0 Å². The molecule has 1 saturated heterocycles. The third-order valence-corrected chi connectivity index (χ3v) is 6.59. The van der Waals surface area contributed by atoms with Crippen LogP contribution in [0.3, 0.4) is 0 Å². The summed E-state index contributed by atoms with van der Waals surface area (Å²) in [6, 6.07) is 0. The summed E-state index contributed by atoms with van der Waals surface area (Å²) in [4.78, 5) is -0.00690. The summed E-state index contributed by atoms with van der Waals surface area (Å²) in [5.74, 6) is -2.69. The molecule has 0 bridgehead atoms. The van der Waals surface area contributed by atoms with Crippen LogP contribution in [0.1, 0.15) is 12.8 Å². The van der Waals surface area contributed by atoms with Gasteiger partial charge in [-0.2, -0.15) is 26.3 Å². The molecule has 6 nitrogen and oxygen atoms in total. The van der Waals surface area contributed by atoms with Crippen molar-refractivity contribution >= 4 is 19.7 Å². The molecule has 0 saturated carbocycles. The van der Waals surface area contributed by atoms with Crippen molar-refractivity contribution in [2.24, 2.45) is 0 Å². The average Bonchev–Trinajstić information content (AvgIpc) is 2.92. The van der Waals surface area contributed by atoms with E-state index in [1.807, 2.05) is 0 Å². The zero-order valence-corrected chi connectivity index (χ0v) is 14.5. The molecule has 0 aromatic rings. The third kappa shape index (κ3) is 6.57. The molecule has 1 aliphatic rings. The zero-order chi connectivity index (χ0) is 19.5. The smallest absolute Gasteiger partial charge is 0.372 e. The van der Waals surface area contributed by atoms with Crippen molar-refractivity contribution < 1.29 is 52.8 Å². The summed E-state index contributed by atoms with van der Waals surface area (Å²) in [6.07, 6.45) is 0.707. The second-order valence-corrected chi connectivity index (χ2v) is 9.82. The Morgan fingerprint density at radius 2 is 1.32 bits per heavy atom. The highest BCUT2D eigenvalue weighted by Crippen LogP contribution is 2.24. The van der Waals surface area contributed by atoms with E-state index < -0.39 is 61.4 Å². The van der Waals surface area contributed by atoms with Gasteiger partial charge in [0.25, 0.3) is 19.7 Å².